The zero-order valence-corrected chi connectivity index (χ0v) is 21.0. The van der Waals surface area contributed by atoms with Gasteiger partial charge in [-0.15, -0.1) is 11.8 Å². The molecule has 0 spiro atoms. The number of rotatable bonds is 8. The van der Waals surface area contributed by atoms with Gasteiger partial charge in [0.2, 0.25) is 10.0 Å². The van der Waals surface area contributed by atoms with Gasteiger partial charge >= 0.3 is 11.8 Å². The van der Waals surface area contributed by atoms with E-state index in [0.29, 0.717) is 21.2 Å². The third-order valence-electron chi connectivity index (χ3n) is 5.19. The molecular weight excluding hydrogens is 484 g/mol. The summed E-state index contributed by atoms with van der Waals surface area (Å²) in [6.45, 7) is 1.84. The van der Waals surface area contributed by atoms with E-state index in [0.717, 1.165) is 48.8 Å². The number of hydrogen-bond acceptors (Lipinski definition) is 8. The molecule has 1 aliphatic carbocycles. The summed E-state index contributed by atoms with van der Waals surface area (Å²) in [6.07, 6.45) is 6.54. The number of nitrogens with zero attached hydrogens (tertiary/aromatic N) is 1. The van der Waals surface area contributed by atoms with Crippen LogP contribution < -0.4 is 15.4 Å². The van der Waals surface area contributed by atoms with E-state index in [-0.39, 0.29) is 23.4 Å². The third kappa shape index (κ3) is 6.85. The van der Waals surface area contributed by atoms with E-state index in [1.807, 2.05) is 6.92 Å². The Bertz CT molecular complexity index is 1170. The highest BCUT2D eigenvalue weighted by Crippen LogP contribution is 2.32. The van der Waals surface area contributed by atoms with Crippen LogP contribution in [0.5, 0.6) is 0 Å². The van der Waals surface area contributed by atoms with Crippen LogP contribution in [-0.4, -0.2) is 43.5 Å². The number of nitrogens with one attached hydrogen (secondary N) is 3. The molecule has 0 saturated heterocycles. The van der Waals surface area contributed by atoms with Crippen LogP contribution in [0.4, 0.5) is 10.8 Å². The highest BCUT2D eigenvalue weighted by atomic mass is 32.2. The fraction of sp³-hybridized carbons (Fsp3) is 0.429. The quantitative estimate of drug-likeness (QED) is 0.282. The number of ketones is 1. The van der Waals surface area contributed by atoms with Crippen molar-refractivity contribution in [3.8, 4) is 0 Å². The van der Waals surface area contributed by atoms with Gasteiger partial charge in [0.15, 0.2) is 10.9 Å². The smallest absolute Gasteiger partial charge is 0.315 e. The minimum absolute atomic E-state index is 0.0144. The lowest BCUT2D eigenvalue weighted by molar-refractivity contribution is -0.133. The lowest BCUT2D eigenvalue weighted by Crippen LogP contribution is -2.30. The molecule has 1 fully saturated rings. The molecule has 12 heteroatoms. The monoisotopic (exact) mass is 510 g/mol. The Kier molecular flexibility index (Phi) is 8.27. The summed E-state index contributed by atoms with van der Waals surface area (Å²) in [7, 11) is -3.40. The zero-order valence-electron chi connectivity index (χ0n) is 18.6. The number of aryl methyl sites for hydroxylation is 1. The molecule has 9 nitrogen and oxygen atoms in total. The number of anilines is 2. The van der Waals surface area contributed by atoms with E-state index in [9.17, 15) is 22.8 Å². The number of carbonyl (C=O) groups is 3. The molecule has 3 rings (SSSR count). The second-order valence-corrected chi connectivity index (χ2v) is 11.8. The highest BCUT2D eigenvalue weighted by molar-refractivity contribution is 8.00. The van der Waals surface area contributed by atoms with E-state index in [4.69, 9.17) is 0 Å². The lowest BCUT2D eigenvalue weighted by Gasteiger charge is -2.14. The van der Waals surface area contributed by atoms with E-state index in [2.05, 4.69) is 20.3 Å². The van der Waals surface area contributed by atoms with Gasteiger partial charge in [-0.2, -0.15) is 0 Å². The van der Waals surface area contributed by atoms with E-state index in [1.165, 1.54) is 11.8 Å². The van der Waals surface area contributed by atoms with Crippen molar-refractivity contribution in [2.45, 2.75) is 43.4 Å². The van der Waals surface area contributed by atoms with Crippen molar-refractivity contribution in [3.63, 3.8) is 0 Å². The molecule has 2 amide bonds. The summed E-state index contributed by atoms with van der Waals surface area (Å²) in [5.41, 5.74) is 2.06. The zero-order chi connectivity index (χ0) is 24.2. The van der Waals surface area contributed by atoms with Gasteiger partial charge in [-0.25, -0.2) is 18.1 Å². The number of benzene rings is 1. The Labute approximate surface area is 201 Å². The maximum Gasteiger partial charge on any atom is 0.315 e. The molecule has 1 aromatic carbocycles. The van der Waals surface area contributed by atoms with Gasteiger partial charge in [0.1, 0.15) is 0 Å². The van der Waals surface area contributed by atoms with Crippen LogP contribution in [0.25, 0.3) is 0 Å². The standard InChI is InChI=1S/C21H26N4O5S3/c1-12-8-9-15(14(10-12)17(26)13-6-4-5-7-13)23-18(27)19(28)25-21-24-16(20(31-2)32-21)11-22-33(3,29)30/h8-10,13,22H,4-7,11H2,1-3H3,(H,23,27)(H,24,25,28). The van der Waals surface area contributed by atoms with E-state index >= 15 is 0 Å². The van der Waals surface area contributed by atoms with Gasteiger partial charge in [-0.3, -0.25) is 19.7 Å². The predicted octanol–water partition coefficient (Wildman–Crippen LogP) is 3.17. The van der Waals surface area contributed by atoms with Crippen molar-refractivity contribution in [3.05, 3.63) is 35.0 Å². The van der Waals surface area contributed by atoms with E-state index in [1.54, 1.807) is 24.5 Å². The van der Waals surface area contributed by atoms with Crippen molar-refractivity contribution in [2.75, 3.05) is 23.1 Å². The van der Waals surface area contributed by atoms with E-state index < -0.39 is 21.8 Å². The van der Waals surface area contributed by atoms with Crippen LogP contribution in [0, 0.1) is 12.8 Å². The van der Waals surface area contributed by atoms with Gasteiger partial charge in [0.05, 0.1) is 28.4 Å². The minimum Gasteiger partial charge on any atom is -0.317 e. The molecule has 0 radical (unpaired) electrons. The first kappa shape index (κ1) is 25.3. The number of carbonyl (C=O) groups excluding carboxylic acids is 3. The molecule has 1 aromatic heterocycles. The largest absolute Gasteiger partial charge is 0.317 e. The summed E-state index contributed by atoms with van der Waals surface area (Å²) < 4.78 is 25.8. The second kappa shape index (κ2) is 10.8. The number of amides is 2. The number of sulfonamides is 1. The van der Waals surface area contributed by atoms with Gasteiger partial charge in [-0.1, -0.05) is 35.8 Å². The van der Waals surface area contributed by atoms with Crippen LogP contribution in [0.2, 0.25) is 0 Å². The average molecular weight is 511 g/mol. The Morgan fingerprint density at radius 2 is 1.82 bits per heavy atom. The molecule has 0 unspecified atom stereocenters. The van der Waals surface area contributed by atoms with Crippen molar-refractivity contribution in [1.29, 1.82) is 0 Å². The third-order valence-corrected chi connectivity index (χ3v) is 8.02. The van der Waals surface area contributed by atoms with Crippen molar-refractivity contribution in [2.24, 2.45) is 5.92 Å². The maximum absolute atomic E-state index is 13.0. The predicted molar refractivity (Wildman–Crippen MR) is 130 cm³/mol. The second-order valence-electron chi connectivity index (χ2n) is 7.85. The summed E-state index contributed by atoms with van der Waals surface area (Å²) in [5, 5.41) is 5.18. The topological polar surface area (TPSA) is 134 Å². The van der Waals surface area contributed by atoms with Crippen LogP contribution >= 0.6 is 23.1 Å². The average Bonchev–Trinajstić information content (AvgIpc) is 3.42. The molecule has 2 aromatic rings. The Morgan fingerprint density at radius 1 is 1.15 bits per heavy atom. The van der Waals surface area contributed by atoms with Crippen molar-refractivity contribution in [1.82, 2.24) is 9.71 Å². The molecule has 0 aliphatic heterocycles. The number of aromatic nitrogens is 1. The molecular formula is C21H26N4O5S3. The Hall–Kier alpha value is -2.28. The number of thiazole rings is 1. The summed E-state index contributed by atoms with van der Waals surface area (Å²) in [4.78, 5) is 42.2. The Balaban J connectivity index is 1.71. The molecule has 1 aliphatic rings. The molecule has 1 saturated carbocycles. The molecule has 33 heavy (non-hydrogen) atoms. The number of thioether (sulfide) groups is 1. The highest BCUT2D eigenvalue weighted by Gasteiger charge is 2.27. The lowest BCUT2D eigenvalue weighted by atomic mass is 9.94. The summed E-state index contributed by atoms with van der Waals surface area (Å²) in [6, 6.07) is 5.14. The maximum atomic E-state index is 13.0. The van der Waals surface area contributed by atoms with Crippen LogP contribution in [0.15, 0.2) is 22.4 Å². The van der Waals surface area contributed by atoms with Gasteiger partial charge in [-0.05, 0) is 38.2 Å². The fourth-order valence-corrected chi connectivity index (χ4v) is 5.61. The number of hydrogen-bond donors (Lipinski definition) is 3. The number of Topliss-reactive ketones (excluding diaryl/α,β-unsaturated/α-hetero) is 1. The van der Waals surface area contributed by atoms with Gasteiger partial charge in [0, 0.05) is 11.5 Å². The van der Waals surface area contributed by atoms with Gasteiger partial charge < -0.3 is 5.32 Å². The first-order valence-corrected chi connectivity index (χ1v) is 14.3. The Morgan fingerprint density at radius 3 is 2.45 bits per heavy atom. The van der Waals surface area contributed by atoms with Crippen molar-refractivity contribution >= 4 is 61.5 Å². The normalized spacial score (nSPS) is 14.3. The first-order chi connectivity index (χ1) is 15.6. The summed E-state index contributed by atoms with van der Waals surface area (Å²) >= 11 is 2.50. The van der Waals surface area contributed by atoms with Gasteiger partial charge in [0.25, 0.3) is 0 Å². The molecule has 0 atom stereocenters. The van der Waals surface area contributed by atoms with Crippen LogP contribution in [0.3, 0.4) is 0 Å². The van der Waals surface area contributed by atoms with Crippen LogP contribution in [0.1, 0.15) is 47.3 Å². The van der Waals surface area contributed by atoms with Crippen LogP contribution in [-0.2, 0) is 26.2 Å². The molecule has 0 bridgehead atoms. The molecule has 3 N–H and O–H groups in total. The first-order valence-electron chi connectivity index (χ1n) is 10.3. The summed E-state index contributed by atoms with van der Waals surface area (Å²) in [5.74, 6) is -1.93. The minimum atomic E-state index is -3.40. The fourth-order valence-electron chi connectivity index (χ4n) is 3.57. The molecule has 178 valence electrons. The SMILES string of the molecule is CSc1sc(NC(=O)C(=O)Nc2ccc(C)cc2C(=O)C2CCCC2)nc1CNS(C)(=O)=O. The molecule has 1 heterocycles. The van der Waals surface area contributed by atoms with Crippen molar-refractivity contribution < 1.29 is 22.8 Å².